The Bertz CT molecular complexity index is 642. The van der Waals surface area contributed by atoms with E-state index in [2.05, 4.69) is 36.2 Å². The van der Waals surface area contributed by atoms with Crippen LogP contribution >= 0.6 is 27.5 Å². The van der Waals surface area contributed by atoms with E-state index in [-0.39, 0.29) is 18.4 Å². The number of anilines is 1. The molecule has 0 saturated carbocycles. The Balaban J connectivity index is 1.86. The smallest absolute Gasteiger partial charge is 0.265 e. The number of halogens is 1. The number of aromatic nitrogens is 2. The van der Waals surface area contributed by atoms with Crippen LogP contribution in [0.25, 0.3) is 0 Å². The van der Waals surface area contributed by atoms with Gasteiger partial charge in [-0.1, -0.05) is 27.3 Å². The first-order chi connectivity index (χ1) is 10.1. The van der Waals surface area contributed by atoms with E-state index >= 15 is 0 Å². The van der Waals surface area contributed by atoms with Crippen molar-refractivity contribution in [3.63, 3.8) is 0 Å². The summed E-state index contributed by atoms with van der Waals surface area (Å²) in [4.78, 5) is 24.1. The lowest BCUT2D eigenvalue weighted by Gasteiger charge is -2.06. The molecular formula is C13H13BrN4O2S. The van der Waals surface area contributed by atoms with Crippen molar-refractivity contribution in [1.82, 2.24) is 14.9 Å². The van der Waals surface area contributed by atoms with Crippen LogP contribution in [0.15, 0.2) is 28.7 Å². The highest BCUT2D eigenvalue weighted by Crippen LogP contribution is 2.14. The van der Waals surface area contributed by atoms with E-state index in [1.54, 1.807) is 12.1 Å². The van der Waals surface area contributed by atoms with Crippen molar-refractivity contribution < 1.29 is 9.59 Å². The maximum atomic E-state index is 11.9. The number of hydrogen-bond donors (Lipinski definition) is 2. The summed E-state index contributed by atoms with van der Waals surface area (Å²) < 4.78 is 4.67. The van der Waals surface area contributed by atoms with Crippen LogP contribution < -0.4 is 10.6 Å². The molecular weight excluding hydrogens is 356 g/mol. The SMILES string of the molecule is CCc1nnsc1C(=O)NCC(=O)Nc1ccc(Br)cc1. The van der Waals surface area contributed by atoms with Gasteiger partial charge in [0, 0.05) is 10.2 Å². The number of nitrogens with one attached hydrogen (secondary N) is 2. The third kappa shape index (κ3) is 4.33. The van der Waals surface area contributed by atoms with Gasteiger partial charge in [0.25, 0.3) is 5.91 Å². The number of aryl methyl sites for hydroxylation is 1. The normalized spacial score (nSPS) is 10.2. The quantitative estimate of drug-likeness (QED) is 0.847. The molecule has 0 radical (unpaired) electrons. The highest BCUT2D eigenvalue weighted by molar-refractivity contribution is 9.10. The fourth-order valence-electron chi connectivity index (χ4n) is 1.59. The molecule has 0 unspecified atom stereocenters. The summed E-state index contributed by atoms with van der Waals surface area (Å²) in [6, 6.07) is 7.19. The maximum Gasteiger partial charge on any atom is 0.265 e. The first-order valence-corrected chi connectivity index (χ1v) is 7.81. The molecule has 0 spiro atoms. The summed E-state index contributed by atoms with van der Waals surface area (Å²) >= 11 is 4.35. The predicted octanol–water partition coefficient (Wildman–Crippen LogP) is 2.23. The van der Waals surface area contributed by atoms with Crippen molar-refractivity contribution in [2.75, 3.05) is 11.9 Å². The molecule has 6 nitrogen and oxygen atoms in total. The zero-order chi connectivity index (χ0) is 15.2. The molecule has 0 aliphatic carbocycles. The minimum absolute atomic E-state index is 0.101. The van der Waals surface area contributed by atoms with Gasteiger partial charge in [-0.15, -0.1) is 5.10 Å². The predicted molar refractivity (Wildman–Crippen MR) is 84.4 cm³/mol. The lowest BCUT2D eigenvalue weighted by atomic mass is 10.3. The molecule has 0 bridgehead atoms. The Kier molecular flexibility index (Phi) is 5.40. The highest BCUT2D eigenvalue weighted by atomic mass is 79.9. The molecule has 0 aliphatic rings. The molecule has 2 N–H and O–H groups in total. The third-order valence-electron chi connectivity index (χ3n) is 2.63. The van der Waals surface area contributed by atoms with Crippen molar-refractivity contribution in [2.45, 2.75) is 13.3 Å². The van der Waals surface area contributed by atoms with Gasteiger partial charge < -0.3 is 10.6 Å². The first-order valence-electron chi connectivity index (χ1n) is 6.25. The van der Waals surface area contributed by atoms with Gasteiger partial charge in [0.15, 0.2) is 0 Å². The molecule has 21 heavy (non-hydrogen) atoms. The molecule has 8 heteroatoms. The molecule has 0 atom stereocenters. The summed E-state index contributed by atoms with van der Waals surface area (Å²) in [5, 5.41) is 9.12. The van der Waals surface area contributed by atoms with Crippen LogP contribution in [0.5, 0.6) is 0 Å². The average molecular weight is 369 g/mol. The van der Waals surface area contributed by atoms with Gasteiger partial charge in [0.2, 0.25) is 5.91 Å². The fraction of sp³-hybridized carbons (Fsp3) is 0.231. The van der Waals surface area contributed by atoms with Gasteiger partial charge in [-0.05, 0) is 42.2 Å². The minimum atomic E-state index is -0.326. The van der Waals surface area contributed by atoms with Gasteiger partial charge in [-0.25, -0.2) is 0 Å². The van der Waals surface area contributed by atoms with Crippen molar-refractivity contribution in [1.29, 1.82) is 0 Å². The van der Waals surface area contributed by atoms with Crippen LogP contribution in [-0.2, 0) is 11.2 Å². The average Bonchev–Trinajstić information content (AvgIpc) is 2.96. The number of carbonyl (C=O) groups is 2. The molecule has 0 fully saturated rings. The van der Waals surface area contributed by atoms with Gasteiger partial charge in [-0.2, -0.15) is 0 Å². The summed E-state index contributed by atoms with van der Waals surface area (Å²) in [5.74, 6) is -0.617. The second kappa shape index (κ2) is 7.28. The number of hydrogen-bond acceptors (Lipinski definition) is 5. The van der Waals surface area contributed by atoms with E-state index in [0.29, 0.717) is 22.7 Å². The third-order valence-corrected chi connectivity index (χ3v) is 3.93. The van der Waals surface area contributed by atoms with Crippen molar-refractivity contribution >= 4 is 45.0 Å². The zero-order valence-electron chi connectivity index (χ0n) is 11.2. The van der Waals surface area contributed by atoms with Gasteiger partial charge in [0.1, 0.15) is 4.88 Å². The van der Waals surface area contributed by atoms with Gasteiger partial charge >= 0.3 is 0 Å². The van der Waals surface area contributed by atoms with Crippen molar-refractivity contribution in [3.8, 4) is 0 Å². The second-order valence-electron chi connectivity index (χ2n) is 4.14. The van der Waals surface area contributed by atoms with Crippen LogP contribution in [-0.4, -0.2) is 27.9 Å². The number of carbonyl (C=O) groups excluding carboxylic acids is 2. The van der Waals surface area contributed by atoms with E-state index in [4.69, 9.17) is 0 Å². The molecule has 2 amide bonds. The first kappa shape index (κ1) is 15.6. The Morgan fingerprint density at radius 1 is 1.29 bits per heavy atom. The topological polar surface area (TPSA) is 84.0 Å². The Hall–Kier alpha value is -1.80. The van der Waals surface area contributed by atoms with E-state index < -0.39 is 0 Å². The molecule has 0 saturated heterocycles. The lowest BCUT2D eigenvalue weighted by molar-refractivity contribution is -0.115. The largest absolute Gasteiger partial charge is 0.342 e. The fourth-order valence-corrected chi connectivity index (χ4v) is 2.52. The van der Waals surface area contributed by atoms with E-state index in [9.17, 15) is 9.59 Å². The molecule has 1 aromatic carbocycles. The van der Waals surface area contributed by atoms with Crippen LogP contribution in [0, 0.1) is 0 Å². The van der Waals surface area contributed by atoms with Crippen LogP contribution in [0.3, 0.4) is 0 Å². The van der Waals surface area contributed by atoms with Crippen molar-refractivity contribution in [3.05, 3.63) is 39.3 Å². The molecule has 110 valence electrons. The number of rotatable bonds is 5. The van der Waals surface area contributed by atoms with Crippen LogP contribution in [0.1, 0.15) is 22.3 Å². The molecule has 1 aromatic heterocycles. The van der Waals surface area contributed by atoms with Gasteiger partial charge in [0.05, 0.1) is 12.2 Å². The van der Waals surface area contributed by atoms with Crippen molar-refractivity contribution in [2.24, 2.45) is 0 Å². The number of nitrogens with zero attached hydrogens (tertiary/aromatic N) is 2. The molecule has 2 aromatic rings. The summed E-state index contributed by atoms with van der Waals surface area (Å²) in [5.41, 5.74) is 1.32. The monoisotopic (exact) mass is 368 g/mol. The molecule has 1 heterocycles. The highest BCUT2D eigenvalue weighted by Gasteiger charge is 2.15. The Labute approximate surface area is 134 Å². The standard InChI is InChI=1S/C13H13BrN4O2S/c1-2-10-12(21-18-17-10)13(20)15-7-11(19)16-9-5-3-8(14)4-6-9/h3-6H,2,7H2,1H3,(H,15,20)(H,16,19). The van der Waals surface area contributed by atoms with Crippen LogP contribution in [0.2, 0.25) is 0 Å². The minimum Gasteiger partial charge on any atom is -0.342 e. The number of benzene rings is 1. The second-order valence-corrected chi connectivity index (χ2v) is 5.81. The Morgan fingerprint density at radius 3 is 2.67 bits per heavy atom. The van der Waals surface area contributed by atoms with E-state index in [0.717, 1.165) is 16.0 Å². The van der Waals surface area contributed by atoms with E-state index in [1.807, 2.05) is 19.1 Å². The Morgan fingerprint density at radius 2 is 2.00 bits per heavy atom. The molecule has 0 aliphatic heterocycles. The lowest BCUT2D eigenvalue weighted by Crippen LogP contribution is -2.32. The number of amides is 2. The van der Waals surface area contributed by atoms with E-state index in [1.165, 1.54) is 0 Å². The molecule has 2 rings (SSSR count). The maximum absolute atomic E-state index is 11.9. The zero-order valence-corrected chi connectivity index (χ0v) is 13.6. The summed E-state index contributed by atoms with van der Waals surface area (Å²) in [7, 11) is 0. The summed E-state index contributed by atoms with van der Waals surface area (Å²) in [6.45, 7) is 1.80. The summed E-state index contributed by atoms with van der Waals surface area (Å²) in [6.07, 6.45) is 0.629. The van der Waals surface area contributed by atoms with Gasteiger partial charge in [-0.3, -0.25) is 9.59 Å². The van der Waals surface area contributed by atoms with Crippen LogP contribution in [0.4, 0.5) is 5.69 Å².